The molecule has 0 bridgehead atoms. The number of carbonyl (C=O) groups is 2. The van der Waals surface area contributed by atoms with Crippen molar-refractivity contribution in [1.82, 2.24) is 5.32 Å². The Balaban J connectivity index is 2.52. The maximum absolute atomic E-state index is 11.7. The second kappa shape index (κ2) is 6.24. The molecule has 1 rings (SSSR count). The van der Waals surface area contributed by atoms with E-state index in [0.29, 0.717) is 15.7 Å². The zero-order chi connectivity index (χ0) is 12.8. The van der Waals surface area contributed by atoms with Gasteiger partial charge >= 0.3 is 5.97 Å². The fourth-order valence-electron chi connectivity index (χ4n) is 1.15. The summed E-state index contributed by atoms with van der Waals surface area (Å²) in [7, 11) is 1.31. The van der Waals surface area contributed by atoms with Crippen LogP contribution in [0.1, 0.15) is 16.8 Å². The lowest BCUT2D eigenvalue weighted by Gasteiger charge is -2.05. The van der Waals surface area contributed by atoms with Gasteiger partial charge in [0.05, 0.1) is 13.5 Å². The highest BCUT2D eigenvalue weighted by Crippen LogP contribution is 2.20. The maximum atomic E-state index is 11.7. The van der Waals surface area contributed by atoms with E-state index in [4.69, 9.17) is 5.73 Å². The van der Waals surface area contributed by atoms with Crippen LogP contribution in [0.25, 0.3) is 0 Å². The molecule has 0 saturated carbocycles. The number of carbonyl (C=O) groups excluding carboxylic acids is 2. The predicted octanol–water partition coefficient (Wildman–Crippen LogP) is 1.32. The molecule has 0 radical (unpaired) electrons. The number of nitrogens with one attached hydrogen (secondary N) is 1. The Morgan fingerprint density at radius 2 is 2.18 bits per heavy atom. The molecule has 0 fully saturated rings. The number of hydrogen-bond donors (Lipinski definition) is 2. The van der Waals surface area contributed by atoms with Crippen molar-refractivity contribution in [2.75, 3.05) is 19.4 Å². The monoisotopic (exact) mass is 300 g/mol. The van der Waals surface area contributed by atoms with Gasteiger partial charge in [0, 0.05) is 22.3 Å². The molecule has 0 saturated heterocycles. The van der Waals surface area contributed by atoms with Gasteiger partial charge in [-0.05, 0) is 34.1 Å². The molecule has 0 heterocycles. The summed E-state index contributed by atoms with van der Waals surface area (Å²) < 4.78 is 5.12. The molecule has 6 heteroatoms. The Morgan fingerprint density at radius 3 is 2.76 bits per heavy atom. The minimum Gasteiger partial charge on any atom is -0.469 e. The van der Waals surface area contributed by atoms with Crippen LogP contribution in [-0.4, -0.2) is 25.5 Å². The lowest BCUT2D eigenvalue weighted by Crippen LogP contribution is -2.26. The zero-order valence-corrected chi connectivity index (χ0v) is 10.9. The van der Waals surface area contributed by atoms with Gasteiger partial charge in [-0.25, -0.2) is 0 Å². The van der Waals surface area contributed by atoms with Crippen LogP contribution >= 0.6 is 15.9 Å². The molecule has 0 aliphatic rings. The Hall–Kier alpha value is -1.56. The molecule has 5 nitrogen and oxygen atoms in total. The first-order valence-corrected chi connectivity index (χ1v) is 5.74. The largest absolute Gasteiger partial charge is 0.469 e. The van der Waals surface area contributed by atoms with Crippen LogP contribution in [0.4, 0.5) is 5.69 Å². The highest BCUT2D eigenvalue weighted by molar-refractivity contribution is 9.10. The van der Waals surface area contributed by atoms with E-state index in [1.807, 2.05) is 0 Å². The lowest BCUT2D eigenvalue weighted by atomic mass is 10.2. The minimum atomic E-state index is -0.358. The average Bonchev–Trinajstić information content (AvgIpc) is 2.32. The van der Waals surface area contributed by atoms with Crippen molar-refractivity contribution < 1.29 is 14.3 Å². The van der Waals surface area contributed by atoms with Crippen molar-refractivity contribution in [3.8, 4) is 0 Å². The summed E-state index contributed by atoms with van der Waals surface area (Å²) in [6.07, 6.45) is 0.151. The summed E-state index contributed by atoms with van der Waals surface area (Å²) >= 11 is 3.24. The fourth-order valence-corrected chi connectivity index (χ4v) is 1.53. The minimum absolute atomic E-state index is 0.151. The summed E-state index contributed by atoms with van der Waals surface area (Å²) in [6.45, 7) is 0.244. The molecule has 0 aliphatic heterocycles. The molecule has 17 heavy (non-hydrogen) atoms. The van der Waals surface area contributed by atoms with E-state index in [1.165, 1.54) is 7.11 Å². The fraction of sp³-hybridized carbons (Fsp3) is 0.273. The third kappa shape index (κ3) is 4.07. The van der Waals surface area contributed by atoms with Gasteiger partial charge in [0.15, 0.2) is 0 Å². The molecule has 1 aromatic rings. The van der Waals surface area contributed by atoms with Gasteiger partial charge < -0.3 is 15.8 Å². The number of benzene rings is 1. The third-order valence-electron chi connectivity index (χ3n) is 2.10. The normalized spacial score (nSPS) is 9.76. The van der Waals surface area contributed by atoms with E-state index in [-0.39, 0.29) is 24.8 Å². The van der Waals surface area contributed by atoms with Gasteiger partial charge in [0.25, 0.3) is 5.91 Å². The topological polar surface area (TPSA) is 81.4 Å². The van der Waals surface area contributed by atoms with Crippen LogP contribution in [0, 0.1) is 0 Å². The predicted molar refractivity (Wildman–Crippen MR) is 67.5 cm³/mol. The molecule has 0 atom stereocenters. The molecule has 0 aliphatic carbocycles. The summed E-state index contributed by atoms with van der Waals surface area (Å²) in [6, 6.07) is 4.88. The van der Waals surface area contributed by atoms with E-state index in [2.05, 4.69) is 26.0 Å². The quantitative estimate of drug-likeness (QED) is 0.649. The molecule has 0 unspecified atom stereocenters. The number of nitrogens with two attached hydrogens (primary N) is 1. The van der Waals surface area contributed by atoms with Crippen molar-refractivity contribution in [3.63, 3.8) is 0 Å². The first-order valence-electron chi connectivity index (χ1n) is 4.94. The molecule has 1 amide bonds. The second-order valence-electron chi connectivity index (χ2n) is 3.32. The van der Waals surface area contributed by atoms with E-state index < -0.39 is 0 Å². The van der Waals surface area contributed by atoms with E-state index in [1.54, 1.807) is 18.2 Å². The first-order chi connectivity index (χ1) is 8.04. The first kappa shape index (κ1) is 13.5. The van der Waals surface area contributed by atoms with E-state index in [9.17, 15) is 9.59 Å². The molecule has 92 valence electrons. The maximum Gasteiger partial charge on any atom is 0.307 e. The van der Waals surface area contributed by atoms with Gasteiger partial charge in [-0.1, -0.05) is 0 Å². The van der Waals surface area contributed by atoms with Gasteiger partial charge in [0.2, 0.25) is 0 Å². The summed E-state index contributed by atoms with van der Waals surface area (Å²) in [4.78, 5) is 22.5. The van der Waals surface area contributed by atoms with Crippen LogP contribution in [0.5, 0.6) is 0 Å². The summed E-state index contributed by atoms with van der Waals surface area (Å²) in [5, 5.41) is 2.61. The Labute approximate surface area is 107 Å². The number of amides is 1. The van der Waals surface area contributed by atoms with Crippen LogP contribution in [0.3, 0.4) is 0 Å². The van der Waals surface area contributed by atoms with Crippen LogP contribution < -0.4 is 11.1 Å². The zero-order valence-electron chi connectivity index (χ0n) is 9.33. The standard InChI is InChI=1S/C11H13BrN2O3/c1-17-10(15)4-5-14-11(16)7-2-3-9(13)8(12)6-7/h2-3,6H,4-5,13H2,1H3,(H,14,16). The molecular formula is C11H13BrN2O3. The van der Waals surface area contributed by atoms with Crippen LogP contribution in [0.2, 0.25) is 0 Å². The summed E-state index contributed by atoms with van der Waals surface area (Å²) in [5.41, 5.74) is 6.66. The molecule has 0 spiro atoms. The Bertz CT molecular complexity index is 435. The molecular weight excluding hydrogens is 288 g/mol. The Morgan fingerprint density at radius 1 is 1.47 bits per heavy atom. The van der Waals surface area contributed by atoms with Crippen molar-refractivity contribution in [2.24, 2.45) is 0 Å². The van der Waals surface area contributed by atoms with E-state index in [0.717, 1.165) is 0 Å². The number of hydrogen-bond acceptors (Lipinski definition) is 4. The highest BCUT2D eigenvalue weighted by Gasteiger charge is 2.08. The highest BCUT2D eigenvalue weighted by atomic mass is 79.9. The number of halogens is 1. The smallest absolute Gasteiger partial charge is 0.307 e. The van der Waals surface area contributed by atoms with E-state index >= 15 is 0 Å². The van der Waals surface area contributed by atoms with Crippen molar-refractivity contribution in [2.45, 2.75) is 6.42 Å². The lowest BCUT2D eigenvalue weighted by molar-refractivity contribution is -0.140. The van der Waals surface area contributed by atoms with Crippen molar-refractivity contribution in [1.29, 1.82) is 0 Å². The Kier molecular flexibility index (Phi) is 4.96. The number of esters is 1. The number of rotatable bonds is 4. The average molecular weight is 301 g/mol. The SMILES string of the molecule is COC(=O)CCNC(=O)c1ccc(N)c(Br)c1. The molecule has 1 aromatic carbocycles. The number of methoxy groups -OCH3 is 1. The number of ether oxygens (including phenoxy) is 1. The van der Waals surface area contributed by atoms with Gasteiger partial charge in [0.1, 0.15) is 0 Å². The second-order valence-corrected chi connectivity index (χ2v) is 4.17. The van der Waals surface area contributed by atoms with Crippen LogP contribution in [0.15, 0.2) is 22.7 Å². The third-order valence-corrected chi connectivity index (χ3v) is 2.79. The number of anilines is 1. The summed E-state index contributed by atoms with van der Waals surface area (Å²) in [5.74, 6) is -0.613. The van der Waals surface area contributed by atoms with Crippen molar-refractivity contribution >= 4 is 33.5 Å². The molecule has 0 aromatic heterocycles. The van der Waals surface area contributed by atoms with Crippen LogP contribution in [-0.2, 0) is 9.53 Å². The van der Waals surface area contributed by atoms with Crippen molar-refractivity contribution in [3.05, 3.63) is 28.2 Å². The number of nitrogen functional groups attached to an aromatic ring is 1. The van der Waals surface area contributed by atoms with Gasteiger partial charge in [-0.15, -0.1) is 0 Å². The molecule has 3 N–H and O–H groups in total. The van der Waals surface area contributed by atoms with Gasteiger partial charge in [-0.3, -0.25) is 9.59 Å². The van der Waals surface area contributed by atoms with Gasteiger partial charge in [-0.2, -0.15) is 0 Å².